The van der Waals surface area contributed by atoms with Gasteiger partial charge in [-0.2, -0.15) is 13.2 Å². The second kappa shape index (κ2) is 11.4. The maximum absolute atomic E-state index is 14.9. The molecule has 39 heavy (non-hydrogen) atoms. The predicted octanol–water partition coefficient (Wildman–Crippen LogP) is 4.91. The average Bonchev–Trinajstić information content (AvgIpc) is 2.83. The van der Waals surface area contributed by atoms with Crippen LogP contribution in [0.1, 0.15) is 43.8 Å². The summed E-state index contributed by atoms with van der Waals surface area (Å²) >= 11 is 0. The molecule has 0 fully saturated rings. The van der Waals surface area contributed by atoms with Crippen molar-refractivity contribution in [3.63, 3.8) is 0 Å². The normalized spacial score (nSPS) is 13.2. The molecule has 0 spiro atoms. The first-order valence-electron chi connectivity index (χ1n) is 11.9. The maximum Gasteiger partial charge on any atom is 0.419 e. The number of nitrogens with zero attached hydrogens (tertiary/aromatic N) is 3. The van der Waals surface area contributed by atoms with Gasteiger partial charge >= 0.3 is 6.18 Å². The summed E-state index contributed by atoms with van der Waals surface area (Å²) in [6.45, 7) is 6.34. The number of likely N-dealkylation sites (N-methyl/N-ethyl adjacent to an activating group) is 1. The molecule has 3 aromatic rings. The fraction of sp³-hybridized carbons (Fsp3) is 0.440. The van der Waals surface area contributed by atoms with Crippen LogP contribution in [0.25, 0.3) is 10.9 Å². The number of hydrogen-bond acceptors (Lipinski definition) is 8. The highest BCUT2D eigenvalue weighted by atomic mass is 32.2. The van der Waals surface area contributed by atoms with E-state index in [2.05, 4.69) is 15.3 Å². The summed E-state index contributed by atoms with van der Waals surface area (Å²) in [6, 6.07) is 3.88. The van der Waals surface area contributed by atoms with Gasteiger partial charge in [0.05, 0.1) is 29.5 Å². The molecule has 1 atom stereocenters. The minimum Gasteiger partial charge on any atom is -0.493 e. The van der Waals surface area contributed by atoms with E-state index in [-0.39, 0.29) is 36.0 Å². The maximum atomic E-state index is 14.9. The minimum atomic E-state index is -4.92. The molecule has 3 N–H and O–H groups in total. The molecule has 0 unspecified atom stereocenters. The Bertz CT molecular complexity index is 1470. The standard InChI is InChI=1S/C25H31F4N5O4S/c1-13(2)39(35,36)34(5)7-8-38-22-11-18-20(12-21(22)37-6)32-15(4)33-24(18)31-14(3)17-9-16(30)10-19(23(17)26)25(27,28)29/h9-14H,7-8,30H2,1-6H3,(H,31,32,33)/t14-/m1/s1. The van der Waals surface area contributed by atoms with Gasteiger partial charge in [0.25, 0.3) is 0 Å². The Labute approximate surface area is 224 Å². The first-order valence-corrected chi connectivity index (χ1v) is 13.4. The summed E-state index contributed by atoms with van der Waals surface area (Å²) in [4.78, 5) is 8.75. The number of nitrogens with one attached hydrogen (secondary N) is 1. The van der Waals surface area contributed by atoms with Crippen LogP contribution in [0.2, 0.25) is 0 Å². The number of nitrogens with two attached hydrogens (primary N) is 1. The number of aryl methyl sites for hydroxylation is 1. The molecule has 2 aromatic carbocycles. The van der Waals surface area contributed by atoms with Gasteiger partial charge in [-0.05, 0) is 45.9 Å². The third-order valence-electron chi connectivity index (χ3n) is 6.04. The van der Waals surface area contributed by atoms with E-state index in [1.165, 1.54) is 25.4 Å². The highest BCUT2D eigenvalue weighted by Crippen LogP contribution is 2.38. The first kappa shape index (κ1) is 30.2. The van der Waals surface area contributed by atoms with Crippen LogP contribution in [0, 0.1) is 12.7 Å². The Hall–Kier alpha value is -3.39. The van der Waals surface area contributed by atoms with Crippen molar-refractivity contribution in [3.8, 4) is 11.5 Å². The number of anilines is 2. The van der Waals surface area contributed by atoms with Gasteiger partial charge in [0.15, 0.2) is 11.5 Å². The van der Waals surface area contributed by atoms with Crippen LogP contribution in [0.5, 0.6) is 11.5 Å². The molecule has 0 aliphatic heterocycles. The van der Waals surface area contributed by atoms with Gasteiger partial charge in [0, 0.05) is 36.3 Å². The predicted molar refractivity (Wildman–Crippen MR) is 141 cm³/mol. The molecule has 1 heterocycles. The molecule has 0 aliphatic carbocycles. The Morgan fingerprint density at radius 3 is 2.36 bits per heavy atom. The number of aromatic nitrogens is 2. The quantitative estimate of drug-likeness (QED) is 0.259. The second-order valence-electron chi connectivity index (χ2n) is 9.24. The Kier molecular flexibility index (Phi) is 8.80. The van der Waals surface area contributed by atoms with E-state index in [4.69, 9.17) is 15.2 Å². The SMILES string of the molecule is COc1cc2nc(C)nc(N[C@H](C)c3cc(N)cc(C(F)(F)F)c3F)c2cc1OCCN(C)S(=O)(=O)C(C)C. The summed E-state index contributed by atoms with van der Waals surface area (Å²) in [5, 5.41) is 2.79. The van der Waals surface area contributed by atoms with Crippen LogP contribution in [0.3, 0.4) is 0 Å². The first-order chi connectivity index (χ1) is 18.1. The number of nitrogen functional groups attached to an aromatic ring is 1. The molecule has 0 bridgehead atoms. The highest BCUT2D eigenvalue weighted by Gasteiger charge is 2.36. The smallest absolute Gasteiger partial charge is 0.419 e. The largest absolute Gasteiger partial charge is 0.493 e. The van der Waals surface area contributed by atoms with E-state index >= 15 is 0 Å². The van der Waals surface area contributed by atoms with Crippen molar-refractivity contribution < 1.29 is 35.5 Å². The van der Waals surface area contributed by atoms with Gasteiger partial charge in [0.1, 0.15) is 24.1 Å². The van der Waals surface area contributed by atoms with Gasteiger partial charge in [-0.15, -0.1) is 0 Å². The lowest BCUT2D eigenvalue weighted by Gasteiger charge is -2.21. The number of ether oxygens (including phenoxy) is 2. The van der Waals surface area contributed by atoms with Gasteiger partial charge in [-0.3, -0.25) is 0 Å². The molecule has 0 amide bonds. The summed E-state index contributed by atoms with van der Waals surface area (Å²) in [5.41, 5.74) is 4.10. The van der Waals surface area contributed by atoms with Crippen molar-refractivity contribution in [2.75, 3.05) is 38.4 Å². The molecule has 0 saturated heterocycles. The fourth-order valence-corrected chi connectivity index (χ4v) is 4.93. The van der Waals surface area contributed by atoms with Crippen LogP contribution >= 0.6 is 0 Å². The lowest BCUT2D eigenvalue weighted by Crippen LogP contribution is -2.35. The highest BCUT2D eigenvalue weighted by molar-refractivity contribution is 7.89. The number of methoxy groups -OCH3 is 1. The monoisotopic (exact) mass is 573 g/mol. The third kappa shape index (κ3) is 6.61. The molecule has 9 nitrogen and oxygen atoms in total. The molecule has 0 saturated carbocycles. The van der Waals surface area contributed by atoms with Gasteiger partial charge < -0.3 is 20.5 Å². The fourth-order valence-electron chi connectivity index (χ4n) is 3.88. The van der Waals surface area contributed by atoms with Gasteiger partial charge in [0.2, 0.25) is 10.0 Å². The zero-order valence-electron chi connectivity index (χ0n) is 22.4. The molecule has 214 valence electrons. The number of halogens is 4. The van der Waals surface area contributed by atoms with E-state index < -0.39 is 38.9 Å². The summed E-state index contributed by atoms with van der Waals surface area (Å²) in [6.07, 6.45) is -4.92. The van der Waals surface area contributed by atoms with Crippen LogP contribution in [-0.4, -0.2) is 55.3 Å². The molecule has 1 aromatic heterocycles. The number of rotatable bonds is 10. The number of alkyl halides is 3. The van der Waals surface area contributed by atoms with E-state index in [1.807, 2.05) is 0 Å². The van der Waals surface area contributed by atoms with Crippen LogP contribution < -0.4 is 20.5 Å². The Balaban J connectivity index is 1.97. The van der Waals surface area contributed by atoms with Crippen molar-refractivity contribution >= 4 is 32.4 Å². The zero-order chi connectivity index (χ0) is 29.3. The second-order valence-corrected chi connectivity index (χ2v) is 11.8. The van der Waals surface area contributed by atoms with Crippen molar-refractivity contribution in [1.29, 1.82) is 0 Å². The third-order valence-corrected chi connectivity index (χ3v) is 8.28. The molecule has 14 heteroatoms. The van der Waals surface area contributed by atoms with E-state index in [0.29, 0.717) is 28.5 Å². The van der Waals surface area contributed by atoms with Crippen molar-refractivity contribution in [3.05, 3.63) is 47.0 Å². The van der Waals surface area contributed by atoms with E-state index in [9.17, 15) is 26.0 Å². The zero-order valence-corrected chi connectivity index (χ0v) is 23.2. The average molecular weight is 574 g/mol. The molecule has 3 rings (SSSR count). The number of benzene rings is 2. The molecule has 0 aliphatic rings. The summed E-state index contributed by atoms with van der Waals surface area (Å²) in [7, 11) is -0.586. The Morgan fingerprint density at radius 2 is 1.77 bits per heavy atom. The lowest BCUT2D eigenvalue weighted by molar-refractivity contribution is -0.140. The van der Waals surface area contributed by atoms with E-state index in [1.54, 1.807) is 32.9 Å². The Morgan fingerprint density at radius 1 is 1.10 bits per heavy atom. The minimum absolute atomic E-state index is 0.00488. The van der Waals surface area contributed by atoms with Crippen molar-refractivity contribution in [2.45, 2.75) is 45.2 Å². The van der Waals surface area contributed by atoms with Crippen LogP contribution in [-0.2, 0) is 16.2 Å². The van der Waals surface area contributed by atoms with Crippen LogP contribution in [0.15, 0.2) is 24.3 Å². The lowest BCUT2D eigenvalue weighted by atomic mass is 10.0. The van der Waals surface area contributed by atoms with Crippen LogP contribution in [0.4, 0.5) is 29.1 Å². The number of fused-ring (bicyclic) bond motifs is 1. The van der Waals surface area contributed by atoms with Crippen molar-refractivity contribution in [1.82, 2.24) is 14.3 Å². The topological polar surface area (TPSA) is 120 Å². The summed E-state index contributed by atoms with van der Waals surface area (Å²) < 4.78 is 91.9. The van der Waals surface area contributed by atoms with E-state index in [0.717, 1.165) is 6.07 Å². The summed E-state index contributed by atoms with van der Waals surface area (Å²) in [5.74, 6) is -0.286. The number of hydrogen-bond donors (Lipinski definition) is 2. The molecular weight excluding hydrogens is 542 g/mol. The van der Waals surface area contributed by atoms with Crippen molar-refractivity contribution in [2.24, 2.45) is 0 Å². The molecular formula is C25H31F4N5O4S. The number of sulfonamides is 1. The van der Waals surface area contributed by atoms with Gasteiger partial charge in [-0.25, -0.2) is 27.1 Å². The van der Waals surface area contributed by atoms with Gasteiger partial charge in [-0.1, -0.05) is 0 Å². The molecule has 0 radical (unpaired) electrons.